The van der Waals surface area contributed by atoms with Crippen LogP contribution in [0.25, 0.3) is 5.69 Å². The summed E-state index contributed by atoms with van der Waals surface area (Å²) in [5.74, 6) is 0.178. The van der Waals surface area contributed by atoms with E-state index in [1.54, 1.807) is 7.05 Å². The minimum absolute atomic E-state index is 0.0141. The molecule has 1 aliphatic rings. The van der Waals surface area contributed by atoms with Crippen LogP contribution in [0.2, 0.25) is 0 Å². The molecule has 7 nitrogen and oxygen atoms in total. The summed E-state index contributed by atoms with van der Waals surface area (Å²) in [6.07, 6.45) is 4.96. The smallest absolute Gasteiger partial charge is 0.233 e. The Kier molecular flexibility index (Phi) is 6.01. The van der Waals surface area contributed by atoms with Crippen molar-refractivity contribution in [3.05, 3.63) is 48.3 Å². The van der Waals surface area contributed by atoms with E-state index in [-0.39, 0.29) is 11.8 Å². The summed E-state index contributed by atoms with van der Waals surface area (Å²) in [5.41, 5.74) is 2.07. The van der Waals surface area contributed by atoms with Crippen LogP contribution in [0.5, 0.6) is 0 Å². The van der Waals surface area contributed by atoms with Gasteiger partial charge in [-0.2, -0.15) is 5.10 Å². The van der Waals surface area contributed by atoms with Crippen LogP contribution >= 0.6 is 0 Å². The largest absolute Gasteiger partial charge is 0.358 e. The summed E-state index contributed by atoms with van der Waals surface area (Å²) in [5, 5.41) is 7.00. The maximum Gasteiger partial charge on any atom is 0.233 e. The highest BCUT2D eigenvalue weighted by molar-refractivity contribution is 5.78. The van der Waals surface area contributed by atoms with Gasteiger partial charge >= 0.3 is 0 Å². The van der Waals surface area contributed by atoms with E-state index in [1.807, 2.05) is 52.3 Å². The molecule has 0 bridgehead atoms. The van der Waals surface area contributed by atoms with Crippen molar-refractivity contribution in [2.24, 2.45) is 0 Å². The molecule has 0 saturated carbocycles. The Morgan fingerprint density at radius 1 is 1.12 bits per heavy atom. The number of hydrogen-bond donors (Lipinski definition) is 1. The molecule has 7 heteroatoms. The number of likely N-dealkylation sites (N-methyl/N-ethyl adjacent to an activating group) is 1. The zero-order valence-corrected chi connectivity index (χ0v) is 15.1. The minimum atomic E-state index is 0.0141. The van der Waals surface area contributed by atoms with E-state index >= 15 is 0 Å². The zero-order chi connectivity index (χ0) is 18.4. The zero-order valence-electron chi connectivity index (χ0n) is 15.1. The Labute approximate surface area is 153 Å². The van der Waals surface area contributed by atoms with Crippen LogP contribution in [0, 0.1) is 0 Å². The number of nitrogens with zero attached hydrogens (tertiary/aromatic N) is 4. The maximum absolute atomic E-state index is 12.4. The van der Waals surface area contributed by atoms with E-state index in [0.717, 1.165) is 24.3 Å². The van der Waals surface area contributed by atoms with Gasteiger partial charge in [-0.1, -0.05) is 18.2 Å². The quantitative estimate of drug-likeness (QED) is 0.828. The van der Waals surface area contributed by atoms with Gasteiger partial charge in [0.2, 0.25) is 11.8 Å². The molecule has 2 heterocycles. The highest BCUT2D eigenvalue weighted by atomic mass is 16.2. The lowest BCUT2D eigenvalue weighted by molar-refractivity contribution is -0.133. The van der Waals surface area contributed by atoms with Crippen LogP contribution in [-0.2, 0) is 16.0 Å². The number of hydrogen-bond acceptors (Lipinski definition) is 4. The monoisotopic (exact) mass is 355 g/mol. The van der Waals surface area contributed by atoms with Crippen molar-refractivity contribution < 1.29 is 9.59 Å². The van der Waals surface area contributed by atoms with E-state index in [0.29, 0.717) is 32.5 Å². The molecule has 0 aliphatic carbocycles. The number of aryl methyl sites for hydroxylation is 1. The molecule has 138 valence electrons. The summed E-state index contributed by atoms with van der Waals surface area (Å²) in [7, 11) is 1.64. The molecule has 1 aliphatic heterocycles. The van der Waals surface area contributed by atoms with Crippen molar-refractivity contribution in [2.75, 3.05) is 39.8 Å². The first-order chi connectivity index (χ1) is 12.7. The van der Waals surface area contributed by atoms with Crippen molar-refractivity contribution in [2.45, 2.75) is 12.8 Å². The molecule has 0 atom stereocenters. The SMILES string of the molecule is CNC(=O)CN1CCN(C(=O)CCc2cnn(-c3ccccc3)c2)CC1. The summed E-state index contributed by atoms with van der Waals surface area (Å²) in [6, 6.07) is 9.93. The van der Waals surface area contributed by atoms with Gasteiger partial charge in [0.15, 0.2) is 0 Å². The first-order valence-corrected chi connectivity index (χ1v) is 8.95. The van der Waals surface area contributed by atoms with Gasteiger partial charge in [-0.15, -0.1) is 0 Å². The molecule has 1 N–H and O–H groups in total. The van der Waals surface area contributed by atoms with Crippen molar-refractivity contribution in [3.8, 4) is 5.69 Å². The number of rotatable bonds is 6. The number of amides is 2. The average molecular weight is 355 g/mol. The van der Waals surface area contributed by atoms with Crippen molar-refractivity contribution >= 4 is 11.8 Å². The highest BCUT2D eigenvalue weighted by Gasteiger charge is 2.22. The average Bonchev–Trinajstić information content (AvgIpc) is 3.16. The first-order valence-electron chi connectivity index (χ1n) is 8.95. The topological polar surface area (TPSA) is 70.5 Å². The van der Waals surface area contributed by atoms with Crippen LogP contribution in [0.1, 0.15) is 12.0 Å². The van der Waals surface area contributed by atoms with E-state index < -0.39 is 0 Å². The number of aromatic nitrogens is 2. The molecule has 2 aromatic rings. The van der Waals surface area contributed by atoms with Crippen molar-refractivity contribution in [1.82, 2.24) is 24.9 Å². The predicted octanol–water partition coefficient (Wildman–Crippen LogP) is 0.695. The molecule has 1 fully saturated rings. The second-order valence-corrected chi connectivity index (χ2v) is 6.46. The Balaban J connectivity index is 1.45. The summed E-state index contributed by atoms with van der Waals surface area (Å²) < 4.78 is 1.83. The second-order valence-electron chi connectivity index (χ2n) is 6.46. The van der Waals surface area contributed by atoms with Crippen LogP contribution in [0.3, 0.4) is 0 Å². The maximum atomic E-state index is 12.4. The van der Waals surface area contributed by atoms with Crippen LogP contribution in [0.15, 0.2) is 42.7 Å². The fourth-order valence-corrected chi connectivity index (χ4v) is 3.06. The lowest BCUT2D eigenvalue weighted by atomic mass is 10.1. The molecule has 0 radical (unpaired) electrons. The number of carbonyl (C=O) groups is 2. The third-order valence-corrected chi connectivity index (χ3v) is 4.66. The Bertz CT molecular complexity index is 735. The van der Waals surface area contributed by atoms with Crippen LogP contribution < -0.4 is 5.32 Å². The molecular formula is C19H25N5O2. The molecule has 2 amide bonds. The molecule has 0 unspecified atom stereocenters. The molecule has 3 rings (SSSR count). The molecular weight excluding hydrogens is 330 g/mol. The van der Waals surface area contributed by atoms with Crippen molar-refractivity contribution in [1.29, 1.82) is 0 Å². The van der Waals surface area contributed by atoms with E-state index in [2.05, 4.69) is 15.3 Å². The minimum Gasteiger partial charge on any atom is -0.358 e. The number of carbonyl (C=O) groups excluding carboxylic acids is 2. The van der Waals surface area contributed by atoms with Gasteiger partial charge < -0.3 is 10.2 Å². The summed E-state index contributed by atoms with van der Waals surface area (Å²) >= 11 is 0. The number of nitrogens with one attached hydrogen (secondary N) is 1. The molecule has 1 saturated heterocycles. The molecule has 0 spiro atoms. The summed E-state index contributed by atoms with van der Waals surface area (Å²) in [4.78, 5) is 27.8. The van der Waals surface area contributed by atoms with Crippen LogP contribution in [-0.4, -0.2) is 71.2 Å². The van der Waals surface area contributed by atoms with Crippen molar-refractivity contribution in [3.63, 3.8) is 0 Å². The number of piperazine rings is 1. The lowest BCUT2D eigenvalue weighted by Gasteiger charge is -2.34. The molecule has 26 heavy (non-hydrogen) atoms. The fraction of sp³-hybridized carbons (Fsp3) is 0.421. The van der Waals surface area contributed by atoms with E-state index in [4.69, 9.17) is 0 Å². The first kappa shape index (κ1) is 18.1. The second kappa shape index (κ2) is 8.62. The van der Waals surface area contributed by atoms with Gasteiger partial charge in [-0.05, 0) is 24.1 Å². The standard InChI is InChI=1S/C19H25N5O2/c1-20-18(25)15-22-9-11-23(12-10-22)19(26)8-7-16-13-21-24(14-16)17-5-3-2-4-6-17/h2-6,13-14H,7-12,15H2,1H3,(H,20,25). The Morgan fingerprint density at radius 3 is 2.54 bits per heavy atom. The fourth-order valence-electron chi connectivity index (χ4n) is 3.06. The normalized spacial score (nSPS) is 15.0. The third-order valence-electron chi connectivity index (χ3n) is 4.66. The molecule has 1 aromatic heterocycles. The van der Waals surface area contributed by atoms with Crippen LogP contribution in [0.4, 0.5) is 0 Å². The van der Waals surface area contributed by atoms with Gasteiger partial charge in [0, 0.05) is 45.8 Å². The lowest BCUT2D eigenvalue weighted by Crippen LogP contribution is -2.50. The van der Waals surface area contributed by atoms with Gasteiger partial charge in [0.05, 0.1) is 18.4 Å². The van der Waals surface area contributed by atoms with Gasteiger partial charge in [-0.25, -0.2) is 4.68 Å². The van der Waals surface area contributed by atoms with E-state index in [1.165, 1.54) is 0 Å². The highest BCUT2D eigenvalue weighted by Crippen LogP contribution is 2.11. The Morgan fingerprint density at radius 2 is 1.85 bits per heavy atom. The number of benzene rings is 1. The van der Waals surface area contributed by atoms with Gasteiger partial charge in [0.25, 0.3) is 0 Å². The van der Waals surface area contributed by atoms with Gasteiger partial charge in [0.1, 0.15) is 0 Å². The predicted molar refractivity (Wildman–Crippen MR) is 99.0 cm³/mol. The summed E-state index contributed by atoms with van der Waals surface area (Å²) in [6.45, 7) is 3.24. The van der Waals surface area contributed by atoms with Gasteiger partial charge in [-0.3, -0.25) is 14.5 Å². The third kappa shape index (κ3) is 4.70. The number of para-hydroxylation sites is 1. The van der Waals surface area contributed by atoms with E-state index in [9.17, 15) is 9.59 Å². The Hall–Kier alpha value is -2.67. The molecule has 1 aromatic carbocycles.